The average molecular weight is 356 g/mol. The summed E-state index contributed by atoms with van der Waals surface area (Å²) in [6, 6.07) is 16.8. The minimum absolute atomic E-state index is 0.177. The van der Waals surface area contributed by atoms with Crippen molar-refractivity contribution < 1.29 is 4.79 Å². The predicted octanol–water partition coefficient (Wildman–Crippen LogP) is 4.28. The number of carbonyl (C=O) groups excluding carboxylic acids is 1. The second-order valence-corrected chi connectivity index (χ2v) is 7.27. The molecule has 0 bridgehead atoms. The monoisotopic (exact) mass is 355 g/mol. The van der Waals surface area contributed by atoms with Gasteiger partial charge in [0.05, 0.1) is 11.5 Å². The third-order valence-electron chi connectivity index (χ3n) is 5.02. The molecule has 0 aliphatic heterocycles. The zero-order chi connectivity index (χ0) is 15.2. The molecule has 4 rings (SSSR count). The van der Waals surface area contributed by atoms with E-state index in [9.17, 15) is 4.79 Å². The zero-order valence-corrected chi connectivity index (χ0v) is 13.9. The summed E-state index contributed by atoms with van der Waals surface area (Å²) in [5.74, 6) is 0.191. The van der Waals surface area contributed by atoms with Crippen molar-refractivity contribution in [3.8, 4) is 0 Å². The SMILES string of the molecule is O=C(NC1CCc2ccccc21)C1(c2ccc(Br)cc2)CC1. The molecule has 2 aromatic carbocycles. The van der Waals surface area contributed by atoms with Crippen LogP contribution in [0, 0.1) is 0 Å². The molecule has 1 atom stereocenters. The van der Waals surface area contributed by atoms with Gasteiger partial charge in [0.15, 0.2) is 0 Å². The number of carbonyl (C=O) groups is 1. The molecule has 0 spiro atoms. The Morgan fingerprint density at radius 2 is 1.82 bits per heavy atom. The van der Waals surface area contributed by atoms with E-state index < -0.39 is 0 Å². The van der Waals surface area contributed by atoms with Crippen molar-refractivity contribution in [3.05, 3.63) is 69.7 Å². The number of benzene rings is 2. The number of rotatable bonds is 3. The first kappa shape index (κ1) is 14.0. The fourth-order valence-corrected chi connectivity index (χ4v) is 3.81. The van der Waals surface area contributed by atoms with Crippen LogP contribution in [0.5, 0.6) is 0 Å². The molecule has 1 saturated carbocycles. The van der Waals surface area contributed by atoms with Crippen LogP contribution in [0.25, 0.3) is 0 Å². The lowest BCUT2D eigenvalue weighted by molar-refractivity contribution is -0.124. The summed E-state index contributed by atoms with van der Waals surface area (Å²) in [7, 11) is 0. The lowest BCUT2D eigenvalue weighted by Gasteiger charge is -2.20. The molecule has 3 heteroatoms. The standard InChI is InChI=1S/C19H18BrNO/c20-15-8-6-14(7-9-15)19(11-12-19)18(22)21-17-10-5-13-3-1-2-4-16(13)17/h1-4,6-9,17H,5,10-12H2,(H,21,22). The van der Waals surface area contributed by atoms with Crippen LogP contribution in [0.3, 0.4) is 0 Å². The van der Waals surface area contributed by atoms with E-state index in [0.717, 1.165) is 35.7 Å². The van der Waals surface area contributed by atoms with E-state index in [2.05, 4.69) is 57.6 Å². The topological polar surface area (TPSA) is 29.1 Å². The van der Waals surface area contributed by atoms with Gasteiger partial charge in [-0.25, -0.2) is 0 Å². The van der Waals surface area contributed by atoms with Gasteiger partial charge in [0.25, 0.3) is 0 Å². The van der Waals surface area contributed by atoms with Crippen LogP contribution in [0.2, 0.25) is 0 Å². The Hall–Kier alpha value is -1.61. The van der Waals surface area contributed by atoms with Gasteiger partial charge in [0.1, 0.15) is 0 Å². The molecular weight excluding hydrogens is 338 g/mol. The van der Waals surface area contributed by atoms with E-state index in [1.807, 2.05) is 12.1 Å². The summed E-state index contributed by atoms with van der Waals surface area (Å²) in [5, 5.41) is 3.30. The lowest BCUT2D eigenvalue weighted by atomic mass is 9.94. The smallest absolute Gasteiger partial charge is 0.231 e. The molecule has 0 aromatic heterocycles. The van der Waals surface area contributed by atoms with E-state index in [1.165, 1.54) is 11.1 Å². The highest BCUT2D eigenvalue weighted by molar-refractivity contribution is 9.10. The Balaban J connectivity index is 1.55. The van der Waals surface area contributed by atoms with Gasteiger partial charge in [0, 0.05) is 4.47 Å². The van der Waals surface area contributed by atoms with Crippen molar-refractivity contribution in [2.24, 2.45) is 0 Å². The molecular formula is C19H18BrNO. The van der Waals surface area contributed by atoms with Crippen molar-refractivity contribution in [2.45, 2.75) is 37.1 Å². The van der Waals surface area contributed by atoms with Crippen LogP contribution in [-0.2, 0) is 16.6 Å². The van der Waals surface area contributed by atoms with E-state index in [-0.39, 0.29) is 17.4 Å². The van der Waals surface area contributed by atoms with Gasteiger partial charge in [-0.1, -0.05) is 52.3 Å². The van der Waals surface area contributed by atoms with E-state index in [1.54, 1.807) is 0 Å². The molecule has 1 fully saturated rings. The Bertz CT molecular complexity index is 718. The molecule has 0 saturated heterocycles. The number of nitrogens with one attached hydrogen (secondary N) is 1. The maximum Gasteiger partial charge on any atom is 0.231 e. The predicted molar refractivity (Wildman–Crippen MR) is 90.7 cm³/mol. The first-order chi connectivity index (χ1) is 10.7. The first-order valence-electron chi connectivity index (χ1n) is 7.84. The Morgan fingerprint density at radius 1 is 1.09 bits per heavy atom. The van der Waals surface area contributed by atoms with Gasteiger partial charge in [0.2, 0.25) is 5.91 Å². The van der Waals surface area contributed by atoms with Gasteiger partial charge in [-0.05, 0) is 54.5 Å². The minimum atomic E-state index is -0.293. The number of amides is 1. The fourth-order valence-electron chi connectivity index (χ4n) is 3.54. The van der Waals surface area contributed by atoms with Crippen LogP contribution < -0.4 is 5.32 Å². The van der Waals surface area contributed by atoms with E-state index in [0.29, 0.717) is 0 Å². The molecule has 2 aromatic rings. The molecule has 1 N–H and O–H groups in total. The summed E-state index contributed by atoms with van der Waals surface area (Å²) in [6.07, 6.45) is 3.98. The molecule has 0 heterocycles. The number of aryl methyl sites for hydroxylation is 1. The highest BCUT2D eigenvalue weighted by Crippen LogP contribution is 2.49. The number of hydrogen-bond acceptors (Lipinski definition) is 1. The Kier molecular flexibility index (Phi) is 3.33. The van der Waals surface area contributed by atoms with Crippen LogP contribution in [0.15, 0.2) is 53.0 Å². The summed E-state index contributed by atoms with van der Waals surface area (Å²) in [6.45, 7) is 0. The van der Waals surface area contributed by atoms with Crippen molar-refractivity contribution >= 4 is 21.8 Å². The molecule has 1 unspecified atom stereocenters. The van der Waals surface area contributed by atoms with Crippen molar-refractivity contribution in [1.29, 1.82) is 0 Å². The van der Waals surface area contributed by atoms with Crippen molar-refractivity contribution in [3.63, 3.8) is 0 Å². The molecule has 22 heavy (non-hydrogen) atoms. The Morgan fingerprint density at radius 3 is 2.55 bits per heavy atom. The maximum atomic E-state index is 12.9. The Labute approximate surface area is 139 Å². The number of hydrogen-bond donors (Lipinski definition) is 1. The van der Waals surface area contributed by atoms with Crippen LogP contribution in [0.1, 0.15) is 42.0 Å². The molecule has 1 amide bonds. The van der Waals surface area contributed by atoms with Gasteiger partial charge in [-0.15, -0.1) is 0 Å². The van der Waals surface area contributed by atoms with Gasteiger partial charge < -0.3 is 5.32 Å². The van der Waals surface area contributed by atoms with E-state index >= 15 is 0 Å². The molecule has 112 valence electrons. The van der Waals surface area contributed by atoms with E-state index in [4.69, 9.17) is 0 Å². The van der Waals surface area contributed by atoms with Gasteiger partial charge >= 0.3 is 0 Å². The second kappa shape index (κ2) is 5.24. The molecule has 0 radical (unpaired) electrons. The van der Waals surface area contributed by atoms with Gasteiger partial charge in [-0.2, -0.15) is 0 Å². The average Bonchev–Trinajstić information content (AvgIpc) is 3.26. The summed E-state index contributed by atoms with van der Waals surface area (Å²) >= 11 is 3.46. The third kappa shape index (κ3) is 2.28. The normalized spacial score (nSPS) is 21.2. The quantitative estimate of drug-likeness (QED) is 0.874. The van der Waals surface area contributed by atoms with Crippen molar-refractivity contribution in [1.82, 2.24) is 5.32 Å². The minimum Gasteiger partial charge on any atom is -0.349 e. The highest BCUT2D eigenvalue weighted by Gasteiger charge is 2.51. The van der Waals surface area contributed by atoms with Crippen LogP contribution >= 0.6 is 15.9 Å². The lowest BCUT2D eigenvalue weighted by Crippen LogP contribution is -2.36. The first-order valence-corrected chi connectivity index (χ1v) is 8.63. The zero-order valence-electron chi connectivity index (χ0n) is 12.3. The second-order valence-electron chi connectivity index (χ2n) is 6.35. The number of fused-ring (bicyclic) bond motifs is 1. The third-order valence-corrected chi connectivity index (χ3v) is 5.55. The highest BCUT2D eigenvalue weighted by atomic mass is 79.9. The molecule has 2 nitrogen and oxygen atoms in total. The summed E-state index contributed by atoms with van der Waals surface area (Å²) in [5.41, 5.74) is 3.52. The largest absolute Gasteiger partial charge is 0.349 e. The van der Waals surface area contributed by atoms with Crippen LogP contribution in [-0.4, -0.2) is 5.91 Å². The fraction of sp³-hybridized carbons (Fsp3) is 0.316. The maximum absolute atomic E-state index is 12.9. The summed E-state index contributed by atoms with van der Waals surface area (Å²) in [4.78, 5) is 12.9. The number of halogens is 1. The van der Waals surface area contributed by atoms with Crippen molar-refractivity contribution in [2.75, 3.05) is 0 Å². The summed E-state index contributed by atoms with van der Waals surface area (Å²) < 4.78 is 1.05. The molecule has 2 aliphatic rings. The van der Waals surface area contributed by atoms with Crippen LogP contribution in [0.4, 0.5) is 0 Å². The van der Waals surface area contributed by atoms with Gasteiger partial charge in [-0.3, -0.25) is 4.79 Å². The molecule has 2 aliphatic carbocycles.